The van der Waals surface area contributed by atoms with E-state index in [1.54, 1.807) is 13.0 Å². The molecule has 1 aromatic heterocycles. The van der Waals surface area contributed by atoms with E-state index < -0.39 is 35.5 Å². The Morgan fingerprint density at radius 1 is 1.09 bits per heavy atom. The van der Waals surface area contributed by atoms with E-state index in [2.05, 4.69) is 10.6 Å². The van der Waals surface area contributed by atoms with Crippen molar-refractivity contribution in [3.8, 4) is 0 Å². The smallest absolute Gasteiger partial charge is 0.287 e. The molecule has 1 aromatic carbocycles. The van der Waals surface area contributed by atoms with Gasteiger partial charge in [-0.2, -0.15) is 0 Å². The first kappa shape index (κ1) is 16.7. The second kappa shape index (κ2) is 7.04. The Bertz CT molecular complexity index is 701. The van der Waals surface area contributed by atoms with Crippen LogP contribution in [0.2, 0.25) is 0 Å². The molecule has 2 atom stereocenters. The average Bonchev–Trinajstić information content (AvgIpc) is 3.04. The molecule has 0 aliphatic rings. The molecule has 2 rings (SSSR count). The summed E-state index contributed by atoms with van der Waals surface area (Å²) in [5, 5.41) is 5.10. The zero-order valence-corrected chi connectivity index (χ0v) is 12.6. The van der Waals surface area contributed by atoms with E-state index >= 15 is 0 Å². The number of rotatable bonds is 5. The third kappa shape index (κ3) is 4.15. The summed E-state index contributed by atoms with van der Waals surface area (Å²) in [6, 6.07) is 5.08. The number of carbonyl (C=O) groups excluding carboxylic acids is 2. The van der Waals surface area contributed by atoms with Gasteiger partial charge < -0.3 is 15.1 Å². The topological polar surface area (TPSA) is 71.3 Å². The molecule has 0 spiro atoms. The monoisotopic (exact) mass is 322 g/mol. The first-order valence-electron chi connectivity index (χ1n) is 6.98. The summed E-state index contributed by atoms with van der Waals surface area (Å²) in [5.41, 5.74) is 0.418. The van der Waals surface area contributed by atoms with Crippen LogP contribution in [0.5, 0.6) is 0 Å². The Morgan fingerprint density at radius 2 is 1.83 bits per heavy atom. The highest BCUT2D eigenvalue weighted by atomic mass is 19.2. The molecule has 1 heterocycles. The fourth-order valence-corrected chi connectivity index (χ4v) is 1.94. The van der Waals surface area contributed by atoms with Crippen LogP contribution in [0.25, 0.3) is 0 Å². The van der Waals surface area contributed by atoms with E-state index in [1.807, 2.05) is 0 Å². The van der Waals surface area contributed by atoms with Crippen LogP contribution in [-0.4, -0.2) is 17.9 Å². The van der Waals surface area contributed by atoms with Crippen molar-refractivity contribution in [2.45, 2.75) is 25.9 Å². The molecule has 2 aromatic rings. The highest BCUT2D eigenvalue weighted by Crippen LogP contribution is 2.16. The minimum absolute atomic E-state index is 0.0957. The van der Waals surface area contributed by atoms with Gasteiger partial charge in [-0.1, -0.05) is 6.07 Å². The number of nitrogens with one attached hydrogen (secondary N) is 2. The molecule has 0 fully saturated rings. The van der Waals surface area contributed by atoms with Crippen LogP contribution in [-0.2, 0) is 4.79 Å². The molecule has 0 aliphatic heterocycles. The van der Waals surface area contributed by atoms with E-state index in [0.29, 0.717) is 5.56 Å². The second-order valence-corrected chi connectivity index (χ2v) is 5.08. The van der Waals surface area contributed by atoms with Crippen LogP contribution in [0.3, 0.4) is 0 Å². The Kier molecular flexibility index (Phi) is 5.10. The minimum atomic E-state index is -0.984. The van der Waals surface area contributed by atoms with Gasteiger partial charge in [-0.3, -0.25) is 9.59 Å². The molecule has 0 saturated heterocycles. The number of amides is 2. The lowest BCUT2D eigenvalue weighted by Crippen LogP contribution is -2.45. The van der Waals surface area contributed by atoms with Crippen LogP contribution in [0.1, 0.15) is 36.0 Å². The van der Waals surface area contributed by atoms with Crippen LogP contribution >= 0.6 is 0 Å². The van der Waals surface area contributed by atoms with E-state index in [9.17, 15) is 18.4 Å². The highest BCUT2D eigenvalue weighted by molar-refractivity contribution is 5.95. The summed E-state index contributed by atoms with van der Waals surface area (Å²) in [6.45, 7) is 3.14. The molecule has 2 N–H and O–H groups in total. The van der Waals surface area contributed by atoms with Gasteiger partial charge in [0.2, 0.25) is 5.91 Å². The molecule has 0 aliphatic carbocycles. The summed E-state index contributed by atoms with van der Waals surface area (Å²) in [5.74, 6) is -2.81. The first-order chi connectivity index (χ1) is 10.9. The Hall–Kier alpha value is -2.70. The molecular formula is C16H16F2N2O3. The number of carbonyl (C=O) groups is 2. The molecule has 122 valence electrons. The van der Waals surface area contributed by atoms with Gasteiger partial charge in [0.05, 0.1) is 12.3 Å². The van der Waals surface area contributed by atoms with E-state index in [4.69, 9.17) is 4.42 Å². The third-order valence-electron chi connectivity index (χ3n) is 3.29. The van der Waals surface area contributed by atoms with E-state index in [1.165, 1.54) is 25.3 Å². The molecule has 23 heavy (non-hydrogen) atoms. The average molecular weight is 322 g/mol. The number of hydrogen-bond acceptors (Lipinski definition) is 3. The predicted octanol–water partition coefficient (Wildman–Crippen LogP) is 2.55. The number of hydrogen-bond donors (Lipinski definition) is 2. The third-order valence-corrected chi connectivity index (χ3v) is 3.29. The standard InChI is InChI=1S/C16H16F2N2O3/c1-9(11-5-6-12(17)13(18)8-11)19-15(21)10(2)20-16(22)14-4-3-7-23-14/h3-10H,1-2H3,(H,19,21)(H,20,22). The number of benzene rings is 1. The Morgan fingerprint density at radius 3 is 2.43 bits per heavy atom. The summed E-state index contributed by atoms with van der Waals surface area (Å²) in [6.07, 6.45) is 1.35. The normalized spacial score (nSPS) is 13.2. The zero-order valence-electron chi connectivity index (χ0n) is 12.6. The van der Waals surface area contributed by atoms with Crippen LogP contribution in [0.4, 0.5) is 8.78 Å². The molecule has 2 unspecified atom stereocenters. The molecule has 7 heteroatoms. The van der Waals surface area contributed by atoms with Gasteiger partial charge in [-0.25, -0.2) is 8.78 Å². The van der Waals surface area contributed by atoms with Gasteiger partial charge in [0.25, 0.3) is 5.91 Å². The predicted molar refractivity (Wildman–Crippen MR) is 78.6 cm³/mol. The Labute approximate surface area is 131 Å². The van der Waals surface area contributed by atoms with E-state index in [-0.39, 0.29) is 5.76 Å². The zero-order chi connectivity index (χ0) is 17.0. The van der Waals surface area contributed by atoms with Gasteiger partial charge in [0, 0.05) is 0 Å². The van der Waals surface area contributed by atoms with Crippen molar-refractivity contribution in [1.29, 1.82) is 0 Å². The maximum Gasteiger partial charge on any atom is 0.287 e. The molecule has 2 amide bonds. The maximum atomic E-state index is 13.2. The van der Waals surface area contributed by atoms with Crippen molar-refractivity contribution in [2.75, 3.05) is 0 Å². The summed E-state index contributed by atoms with van der Waals surface area (Å²) in [7, 11) is 0. The van der Waals surface area contributed by atoms with Gasteiger partial charge in [0.1, 0.15) is 6.04 Å². The van der Waals surface area contributed by atoms with Crippen molar-refractivity contribution >= 4 is 11.8 Å². The molecule has 0 saturated carbocycles. The van der Waals surface area contributed by atoms with Crippen molar-refractivity contribution in [3.63, 3.8) is 0 Å². The summed E-state index contributed by atoms with van der Waals surface area (Å²) in [4.78, 5) is 23.8. The maximum absolute atomic E-state index is 13.2. The molecule has 0 radical (unpaired) electrons. The summed E-state index contributed by atoms with van der Waals surface area (Å²) < 4.78 is 31.1. The van der Waals surface area contributed by atoms with Crippen molar-refractivity contribution < 1.29 is 22.8 Å². The van der Waals surface area contributed by atoms with Gasteiger partial charge in [-0.15, -0.1) is 0 Å². The molecular weight excluding hydrogens is 306 g/mol. The summed E-state index contributed by atoms with van der Waals surface area (Å²) >= 11 is 0. The Balaban J connectivity index is 1.94. The van der Waals surface area contributed by atoms with Crippen LogP contribution in [0.15, 0.2) is 41.0 Å². The van der Waals surface area contributed by atoms with Crippen LogP contribution < -0.4 is 10.6 Å². The van der Waals surface area contributed by atoms with Crippen molar-refractivity contribution in [1.82, 2.24) is 10.6 Å². The number of halogens is 2. The molecule has 0 bridgehead atoms. The first-order valence-corrected chi connectivity index (χ1v) is 6.98. The SMILES string of the molecule is CC(NC(=O)c1ccco1)C(=O)NC(C)c1ccc(F)c(F)c1. The largest absolute Gasteiger partial charge is 0.459 e. The van der Waals surface area contributed by atoms with E-state index in [0.717, 1.165) is 12.1 Å². The second-order valence-electron chi connectivity index (χ2n) is 5.08. The van der Waals surface area contributed by atoms with Crippen molar-refractivity contribution in [2.24, 2.45) is 0 Å². The lowest BCUT2D eigenvalue weighted by Gasteiger charge is -2.18. The van der Waals surface area contributed by atoms with Crippen molar-refractivity contribution in [3.05, 3.63) is 59.6 Å². The fourth-order valence-electron chi connectivity index (χ4n) is 1.94. The highest BCUT2D eigenvalue weighted by Gasteiger charge is 2.20. The van der Waals surface area contributed by atoms with Gasteiger partial charge in [-0.05, 0) is 43.7 Å². The lowest BCUT2D eigenvalue weighted by molar-refractivity contribution is -0.123. The minimum Gasteiger partial charge on any atom is -0.459 e. The number of furan rings is 1. The lowest BCUT2D eigenvalue weighted by atomic mass is 10.1. The fraction of sp³-hybridized carbons (Fsp3) is 0.250. The quantitative estimate of drug-likeness (QED) is 0.889. The van der Waals surface area contributed by atoms with Crippen LogP contribution in [0, 0.1) is 11.6 Å². The van der Waals surface area contributed by atoms with Gasteiger partial charge in [0.15, 0.2) is 17.4 Å². The van der Waals surface area contributed by atoms with Gasteiger partial charge >= 0.3 is 0 Å². The molecule has 5 nitrogen and oxygen atoms in total.